The number of allylic oxidation sites excluding steroid dienone is 2. The Morgan fingerprint density at radius 1 is 1.19 bits per heavy atom. The molecule has 94 valence electrons. The first kappa shape index (κ1) is 15.4. The van der Waals surface area contributed by atoms with E-state index in [0.717, 1.165) is 24.9 Å². The molecule has 0 bridgehead atoms. The number of carbonyl (C=O) groups is 1. The molecular weight excluding hydrogens is 216 g/mol. The summed E-state index contributed by atoms with van der Waals surface area (Å²) in [4.78, 5) is 12.1. The zero-order valence-corrected chi connectivity index (χ0v) is 12.3. The van der Waals surface area contributed by atoms with E-state index >= 15 is 0 Å². The van der Waals surface area contributed by atoms with Crippen LogP contribution in [0.1, 0.15) is 40.5 Å². The molecular formula is C13H26O2Si. The fourth-order valence-electron chi connectivity index (χ4n) is 1.73. The second-order valence-corrected chi connectivity index (χ2v) is 9.74. The largest absolute Gasteiger partial charge is 0.512 e. The molecule has 0 fully saturated rings. The summed E-state index contributed by atoms with van der Waals surface area (Å²) in [6, 6.07) is 1.91. The fourth-order valence-corrected chi connectivity index (χ4v) is 3.43. The van der Waals surface area contributed by atoms with Gasteiger partial charge in [-0.3, -0.25) is 0 Å². The zero-order chi connectivity index (χ0) is 12.8. The summed E-state index contributed by atoms with van der Waals surface area (Å²) in [5.41, 5.74) is 0. The van der Waals surface area contributed by atoms with E-state index in [1.165, 1.54) is 6.08 Å². The average molecular weight is 242 g/mol. The van der Waals surface area contributed by atoms with Gasteiger partial charge in [-0.15, -0.1) is 0 Å². The lowest BCUT2D eigenvalue weighted by atomic mass is 10.0. The monoisotopic (exact) mass is 242 g/mol. The van der Waals surface area contributed by atoms with Gasteiger partial charge in [0.15, 0.2) is 0 Å². The Balaban J connectivity index is 4.81. The van der Waals surface area contributed by atoms with Gasteiger partial charge in [0.1, 0.15) is 13.5 Å². The van der Waals surface area contributed by atoms with E-state index < -0.39 is 8.07 Å². The van der Waals surface area contributed by atoms with Crippen LogP contribution >= 0.6 is 0 Å². The highest BCUT2D eigenvalue weighted by Gasteiger charge is 2.31. The highest BCUT2D eigenvalue weighted by atomic mass is 28.3. The van der Waals surface area contributed by atoms with E-state index in [-0.39, 0.29) is 17.1 Å². The summed E-state index contributed by atoms with van der Waals surface area (Å²) >= 11 is 0. The molecule has 0 radical (unpaired) electrons. The summed E-state index contributed by atoms with van der Waals surface area (Å²) in [5, 5.41) is 10.1. The van der Waals surface area contributed by atoms with Gasteiger partial charge in [-0.05, 0) is 12.8 Å². The number of carbonyl (C=O) groups excluding carboxylic acids is 1. The Bertz CT molecular complexity index is 251. The van der Waals surface area contributed by atoms with E-state index in [2.05, 4.69) is 20.4 Å². The average Bonchev–Trinajstić information content (AvgIpc) is 2.29. The number of hydrogen-bond donors (Lipinski definition) is 1. The Kier molecular flexibility index (Phi) is 6.64. The van der Waals surface area contributed by atoms with Crippen molar-refractivity contribution in [2.24, 2.45) is 5.92 Å². The maximum Gasteiger partial charge on any atom is 0.136 e. The molecule has 0 rings (SSSR count). The van der Waals surface area contributed by atoms with Crippen LogP contribution in [0.5, 0.6) is 0 Å². The lowest BCUT2D eigenvalue weighted by Crippen LogP contribution is -2.38. The maximum atomic E-state index is 12.1. The molecule has 0 aliphatic rings. The van der Waals surface area contributed by atoms with Gasteiger partial charge in [0.2, 0.25) is 0 Å². The SMILES string of the molecule is CCC(CC)/C(O)=C/C(=O)[Si](C)(CC)CC. The minimum Gasteiger partial charge on any atom is -0.512 e. The predicted molar refractivity (Wildman–Crippen MR) is 72.4 cm³/mol. The normalized spacial score (nSPS) is 13.2. The van der Waals surface area contributed by atoms with Crippen molar-refractivity contribution in [1.29, 1.82) is 0 Å². The molecule has 0 aliphatic heterocycles. The Morgan fingerprint density at radius 3 is 1.94 bits per heavy atom. The smallest absolute Gasteiger partial charge is 0.136 e. The van der Waals surface area contributed by atoms with Crippen LogP contribution < -0.4 is 0 Å². The van der Waals surface area contributed by atoms with Gasteiger partial charge in [0.05, 0.1) is 5.76 Å². The predicted octanol–water partition coefficient (Wildman–Crippen LogP) is 4.09. The molecule has 0 saturated carbocycles. The van der Waals surface area contributed by atoms with Crippen LogP contribution in [0.4, 0.5) is 0 Å². The number of hydrogen-bond acceptors (Lipinski definition) is 2. The van der Waals surface area contributed by atoms with E-state index in [1.807, 2.05) is 13.8 Å². The van der Waals surface area contributed by atoms with Gasteiger partial charge in [-0.2, -0.15) is 0 Å². The van der Waals surface area contributed by atoms with Gasteiger partial charge < -0.3 is 9.90 Å². The lowest BCUT2D eigenvalue weighted by Gasteiger charge is -2.21. The van der Waals surface area contributed by atoms with Crippen LogP contribution in [0, 0.1) is 5.92 Å². The minimum atomic E-state index is -1.81. The van der Waals surface area contributed by atoms with Crippen molar-refractivity contribution in [2.45, 2.75) is 59.2 Å². The first-order valence-corrected chi connectivity index (χ1v) is 9.31. The Hall–Kier alpha value is -0.573. The van der Waals surface area contributed by atoms with Crippen LogP contribution in [0.2, 0.25) is 18.6 Å². The van der Waals surface area contributed by atoms with Crippen molar-refractivity contribution in [1.82, 2.24) is 0 Å². The molecule has 0 aromatic carbocycles. The summed E-state index contributed by atoms with van der Waals surface area (Å²) in [6.45, 7) is 10.3. The standard InChI is InChI=1S/C13H26O2Si/c1-6-11(7-2)12(14)10-13(15)16(5,8-3)9-4/h10-11,14H,6-9H2,1-5H3/b12-10-. The number of aliphatic hydroxyl groups is 1. The highest BCUT2D eigenvalue weighted by molar-refractivity contribution is 7.06. The van der Waals surface area contributed by atoms with Crippen molar-refractivity contribution in [3.8, 4) is 0 Å². The first-order chi connectivity index (χ1) is 7.45. The quantitative estimate of drug-likeness (QED) is 0.415. The van der Waals surface area contributed by atoms with Crippen molar-refractivity contribution in [3.05, 3.63) is 11.8 Å². The van der Waals surface area contributed by atoms with Crippen LogP contribution in [0.15, 0.2) is 11.8 Å². The molecule has 0 amide bonds. The fraction of sp³-hybridized carbons (Fsp3) is 0.769. The van der Waals surface area contributed by atoms with E-state index in [1.54, 1.807) is 0 Å². The minimum absolute atomic E-state index is 0.149. The second kappa shape index (κ2) is 6.89. The van der Waals surface area contributed by atoms with Crippen molar-refractivity contribution >= 4 is 13.5 Å². The van der Waals surface area contributed by atoms with Crippen LogP contribution in [-0.4, -0.2) is 18.6 Å². The van der Waals surface area contributed by atoms with Crippen LogP contribution in [-0.2, 0) is 4.79 Å². The Morgan fingerprint density at radius 2 is 1.62 bits per heavy atom. The number of aliphatic hydroxyl groups excluding tert-OH is 1. The van der Waals surface area contributed by atoms with Crippen LogP contribution in [0.25, 0.3) is 0 Å². The van der Waals surface area contributed by atoms with Gasteiger partial charge in [-0.25, -0.2) is 0 Å². The summed E-state index contributed by atoms with van der Waals surface area (Å²) in [6.07, 6.45) is 3.29. The molecule has 1 N–H and O–H groups in total. The van der Waals surface area contributed by atoms with Gasteiger partial charge >= 0.3 is 0 Å². The molecule has 0 heterocycles. The van der Waals surface area contributed by atoms with Gasteiger partial charge in [0, 0.05) is 12.0 Å². The maximum absolute atomic E-state index is 12.1. The molecule has 2 nitrogen and oxygen atoms in total. The molecule has 0 spiro atoms. The van der Waals surface area contributed by atoms with Crippen molar-refractivity contribution in [3.63, 3.8) is 0 Å². The third-order valence-corrected chi connectivity index (χ3v) is 8.29. The summed E-state index contributed by atoms with van der Waals surface area (Å²) in [5.74, 6) is 0.437. The second-order valence-electron chi connectivity index (χ2n) is 4.71. The molecule has 0 aromatic heterocycles. The van der Waals surface area contributed by atoms with Gasteiger partial charge in [-0.1, -0.05) is 46.3 Å². The van der Waals surface area contributed by atoms with Crippen molar-refractivity contribution < 1.29 is 9.90 Å². The Labute approximate surface area is 101 Å². The molecule has 0 saturated heterocycles. The molecule has 0 unspecified atom stereocenters. The third-order valence-electron chi connectivity index (χ3n) is 3.84. The molecule has 0 atom stereocenters. The van der Waals surface area contributed by atoms with Crippen molar-refractivity contribution in [2.75, 3.05) is 0 Å². The van der Waals surface area contributed by atoms with Gasteiger partial charge in [0.25, 0.3) is 0 Å². The summed E-state index contributed by atoms with van der Waals surface area (Å²) in [7, 11) is -1.81. The highest BCUT2D eigenvalue weighted by Crippen LogP contribution is 2.21. The lowest BCUT2D eigenvalue weighted by molar-refractivity contribution is -0.108. The molecule has 0 aromatic rings. The van der Waals surface area contributed by atoms with Crippen LogP contribution in [0.3, 0.4) is 0 Å². The molecule has 16 heavy (non-hydrogen) atoms. The van der Waals surface area contributed by atoms with E-state index in [4.69, 9.17) is 0 Å². The van der Waals surface area contributed by atoms with E-state index in [9.17, 15) is 9.90 Å². The molecule has 3 heteroatoms. The first-order valence-electron chi connectivity index (χ1n) is 6.40. The zero-order valence-electron chi connectivity index (χ0n) is 11.3. The van der Waals surface area contributed by atoms with E-state index in [0.29, 0.717) is 0 Å². The summed E-state index contributed by atoms with van der Waals surface area (Å²) < 4.78 is 0. The topological polar surface area (TPSA) is 37.3 Å². The number of rotatable bonds is 7. The third kappa shape index (κ3) is 3.78. The molecule has 0 aliphatic carbocycles.